The van der Waals surface area contributed by atoms with Crippen molar-refractivity contribution in [1.29, 1.82) is 0 Å². The van der Waals surface area contributed by atoms with E-state index in [2.05, 4.69) is 12.2 Å². The van der Waals surface area contributed by atoms with E-state index in [1.807, 2.05) is 0 Å². The molecule has 58 valence electrons. The first-order valence-electron chi connectivity index (χ1n) is 4.15. The molecule has 0 amide bonds. The lowest BCUT2D eigenvalue weighted by Gasteiger charge is -2.25. The van der Waals surface area contributed by atoms with E-state index in [0.717, 1.165) is 24.3 Å². The first-order valence-corrected chi connectivity index (χ1v) is 4.58. The summed E-state index contributed by atoms with van der Waals surface area (Å²) in [6, 6.07) is 0. The lowest BCUT2D eigenvalue weighted by atomic mass is 9.97. The summed E-state index contributed by atoms with van der Waals surface area (Å²) in [5.41, 5.74) is 0.265. The van der Waals surface area contributed by atoms with Crippen LogP contribution in [0.15, 0.2) is 0 Å². The Morgan fingerprint density at radius 2 is 2.10 bits per heavy atom. The van der Waals surface area contributed by atoms with Crippen LogP contribution in [0.5, 0.6) is 0 Å². The molecule has 2 bridgehead atoms. The van der Waals surface area contributed by atoms with Crippen molar-refractivity contribution in [3.8, 4) is 0 Å². The molecule has 0 radical (unpaired) electrons. The lowest BCUT2D eigenvalue weighted by Crippen LogP contribution is -2.37. The number of rotatable bonds is 0. The molecule has 0 aromatic rings. The summed E-state index contributed by atoms with van der Waals surface area (Å²) in [7, 11) is 0. The van der Waals surface area contributed by atoms with Gasteiger partial charge in [-0.25, -0.2) is 0 Å². The smallest absolute Gasteiger partial charge is 0.0854 e. The van der Waals surface area contributed by atoms with E-state index in [1.54, 1.807) is 0 Å². The highest BCUT2D eigenvalue weighted by Gasteiger charge is 2.38. The Hall–Kier alpha value is 0.250. The van der Waals surface area contributed by atoms with Crippen molar-refractivity contribution in [2.45, 2.75) is 25.3 Å². The van der Waals surface area contributed by atoms with Gasteiger partial charge in [-0.3, -0.25) is 0 Å². The minimum absolute atomic E-state index is 0.265. The van der Waals surface area contributed by atoms with Crippen LogP contribution in [0.1, 0.15) is 19.8 Å². The van der Waals surface area contributed by atoms with Crippen molar-refractivity contribution in [3.05, 3.63) is 0 Å². The molecule has 1 saturated heterocycles. The quantitative estimate of drug-likeness (QED) is 0.420. The number of alkyl halides is 1. The highest BCUT2D eigenvalue weighted by Crippen LogP contribution is 2.41. The lowest BCUT2D eigenvalue weighted by molar-refractivity contribution is 0.334. The molecule has 1 N–H and O–H groups in total. The Kier molecular flexibility index (Phi) is 1.65. The number of nitrogens with one attached hydrogen (secondary N) is 1. The van der Waals surface area contributed by atoms with E-state index in [1.165, 1.54) is 12.8 Å². The molecule has 1 saturated carbocycles. The minimum Gasteiger partial charge on any atom is -0.301 e. The number of halogens is 1. The third kappa shape index (κ3) is 0.960. The molecule has 0 spiro atoms. The van der Waals surface area contributed by atoms with Crippen LogP contribution in [-0.4, -0.2) is 12.0 Å². The van der Waals surface area contributed by atoms with Gasteiger partial charge in [0, 0.05) is 0 Å². The van der Waals surface area contributed by atoms with E-state index in [4.69, 9.17) is 11.6 Å². The van der Waals surface area contributed by atoms with Crippen LogP contribution in [0, 0.1) is 17.8 Å². The van der Waals surface area contributed by atoms with Crippen molar-refractivity contribution >= 4 is 11.6 Å². The molecule has 4 unspecified atom stereocenters. The molecule has 4 atom stereocenters. The van der Waals surface area contributed by atoms with Crippen molar-refractivity contribution in [3.63, 3.8) is 0 Å². The second-order valence-corrected chi connectivity index (χ2v) is 4.25. The maximum Gasteiger partial charge on any atom is 0.0854 e. The summed E-state index contributed by atoms with van der Waals surface area (Å²) in [4.78, 5) is 0. The second kappa shape index (κ2) is 2.38. The number of hydrogen-bond acceptors (Lipinski definition) is 1. The summed E-state index contributed by atoms with van der Waals surface area (Å²) in [5, 5.41) is 3.34. The fraction of sp³-hybridized carbons (Fsp3) is 1.00. The Bertz CT molecular complexity index is 135. The molecular formula is C8H14ClN. The highest BCUT2D eigenvalue weighted by atomic mass is 35.5. The van der Waals surface area contributed by atoms with E-state index in [0.29, 0.717) is 0 Å². The van der Waals surface area contributed by atoms with E-state index >= 15 is 0 Å². The summed E-state index contributed by atoms with van der Waals surface area (Å²) >= 11 is 6.06. The molecule has 2 aliphatic rings. The maximum absolute atomic E-state index is 6.06. The second-order valence-electron chi connectivity index (χ2n) is 3.78. The van der Waals surface area contributed by atoms with Crippen LogP contribution >= 0.6 is 11.6 Å². The van der Waals surface area contributed by atoms with Gasteiger partial charge in [0.2, 0.25) is 0 Å². The summed E-state index contributed by atoms with van der Waals surface area (Å²) in [5.74, 6) is 2.58. The van der Waals surface area contributed by atoms with Gasteiger partial charge in [-0.05, 0) is 37.1 Å². The largest absolute Gasteiger partial charge is 0.301 e. The van der Waals surface area contributed by atoms with Crippen LogP contribution in [0.4, 0.5) is 0 Å². The van der Waals surface area contributed by atoms with Gasteiger partial charge in [0.15, 0.2) is 0 Å². The number of piperidine rings is 1. The zero-order valence-electron chi connectivity index (χ0n) is 6.31. The Morgan fingerprint density at radius 3 is 2.80 bits per heavy atom. The first-order chi connectivity index (χ1) is 4.77. The van der Waals surface area contributed by atoms with Crippen LogP contribution < -0.4 is 5.32 Å². The van der Waals surface area contributed by atoms with Crippen molar-refractivity contribution in [2.24, 2.45) is 17.8 Å². The van der Waals surface area contributed by atoms with Crippen LogP contribution in [-0.2, 0) is 0 Å². The molecular weight excluding hydrogens is 146 g/mol. The molecule has 0 aromatic heterocycles. The van der Waals surface area contributed by atoms with Crippen molar-refractivity contribution < 1.29 is 0 Å². The Labute approximate surface area is 67.1 Å². The zero-order valence-corrected chi connectivity index (χ0v) is 7.06. The van der Waals surface area contributed by atoms with Gasteiger partial charge in [-0.15, -0.1) is 11.6 Å². The van der Waals surface area contributed by atoms with Crippen LogP contribution in [0.25, 0.3) is 0 Å². The van der Waals surface area contributed by atoms with Crippen LogP contribution in [0.3, 0.4) is 0 Å². The number of fused-ring (bicyclic) bond motifs is 2. The summed E-state index contributed by atoms with van der Waals surface area (Å²) < 4.78 is 0. The van der Waals surface area contributed by atoms with Gasteiger partial charge < -0.3 is 5.32 Å². The minimum atomic E-state index is 0.265. The standard InChI is InChI=1S/C8H14ClN/c1-5-2-6-3-7(5)4-10-8(6)9/h5-8,10H,2-4H2,1H3. The van der Waals surface area contributed by atoms with E-state index in [9.17, 15) is 0 Å². The van der Waals surface area contributed by atoms with Gasteiger partial charge >= 0.3 is 0 Å². The SMILES string of the molecule is CC1CC2CC1CNC2Cl. The van der Waals surface area contributed by atoms with E-state index in [-0.39, 0.29) is 5.50 Å². The molecule has 1 nitrogen and oxygen atoms in total. The molecule has 2 heteroatoms. The fourth-order valence-electron chi connectivity index (χ4n) is 2.34. The van der Waals surface area contributed by atoms with Crippen molar-refractivity contribution in [1.82, 2.24) is 5.32 Å². The van der Waals surface area contributed by atoms with Gasteiger partial charge in [-0.1, -0.05) is 6.92 Å². The van der Waals surface area contributed by atoms with Gasteiger partial charge in [-0.2, -0.15) is 0 Å². The van der Waals surface area contributed by atoms with Crippen molar-refractivity contribution in [2.75, 3.05) is 6.54 Å². The highest BCUT2D eigenvalue weighted by molar-refractivity contribution is 6.20. The molecule has 10 heavy (non-hydrogen) atoms. The Morgan fingerprint density at radius 1 is 1.30 bits per heavy atom. The monoisotopic (exact) mass is 159 g/mol. The molecule has 0 aromatic carbocycles. The predicted molar refractivity (Wildman–Crippen MR) is 43.0 cm³/mol. The molecule has 1 aliphatic carbocycles. The first kappa shape index (κ1) is 6.93. The average Bonchev–Trinajstić information content (AvgIpc) is 2.21. The third-order valence-electron chi connectivity index (χ3n) is 3.07. The predicted octanol–water partition coefficient (Wildman–Crippen LogP) is 1.82. The molecule has 2 fully saturated rings. The summed E-state index contributed by atoms with van der Waals surface area (Å²) in [6.07, 6.45) is 2.70. The third-order valence-corrected chi connectivity index (χ3v) is 3.58. The fourth-order valence-corrected chi connectivity index (χ4v) is 2.64. The van der Waals surface area contributed by atoms with Crippen LogP contribution in [0.2, 0.25) is 0 Å². The van der Waals surface area contributed by atoms with Gasteiger partial charge in [0.25, 0.3) is 0 Å². The average molecular weight is 160 g/mol. The maximum atomic E-state index is 6.06. The van der Waals surface area contributed by atoms with E-state index < -0.39 is 0 Å². The summed E-state index contributed by atoms with van der Waals surface area (Å²) in [6.45, 7) is 3.49. The molecule has 1 aliphatic heterocycles. The van der Waals surface area contributed by atoms with Gasteiger partial charge in [0.1, 0.15) is 0 Å². The molecule has 1 heterocycles. The molecule has 2 rings (SSSR count). The topological polar surface area (TPSA) is 12.0 Å². The normalized spacial score (nSPS) is 53.4. The zero-order chi connectivity index (χ0) is 7.14. The van der Waals surface area contributed by atoms with Gasteiger partial charge in [0.05, 0.1) is 5.50 Å². The Balaban J connectivity index is 2.08. The number of hydrogen-bond donors (Lipinski definition) is 1.